The van der Waals surface area contributed by atoms with E-state index in [-0.39, 0.29) is 34.6 Å². The molecule has 2 fully saturated rings. The van der Waals surface area contributed by atoms with E-state index in [1.54, 1.807) is 13.8 Å². The molecule has 1 amide bonds. The van der Waals surface area contributed by atoms with Crippen molar-refractivity contribution in [2.45, 2.75) is 32.1 Å². The van der Waals surface area contributed by atoms with Gasteiger partial charge in [0.1, 0.15) is 5.75 Å². The summed E-state index contributed by atoms with van der Waals surface area (Å²) in [7, 11) is -3.06. The van der Waals surface area contributed by atoms with Crippen molar-refractivity contribution in [1.82, 2.24) is 0 Å². The number of thioether (sulfide) groups is 1. The van der Waals surface area contributed by atoms with Crippen LogP contribution in [0.15, 0.2) is 29.3 Å². The maximum Gasteiger partial charge on any atom is 0.250 e. The van der Waals surface area contributed by atoms with Crippen LogP contribution in [-0.2, 0) is 14.6 Å². The van der Waals surface area contributed by atoms with Crippen molar-refractivity contribution >= 4 is 38.4 Å². The van der Waals surface area contributed by atoms with Gasteiger partial charge in [-0.2, -0.15) is 4.99 Å². The van der Waals surface area contributed by atoms with Crippen molar-refractivity contribution in [2.75, 3.05) is 23.0 Å². The summed E-state index contributed by atoms with van der Waals surface area (Å²) in [6.07, 6.45) is 0. The van der Waals surface area contributed by atoms with Crippen LogP contribution in [0, 0.1) is 5.92 Å². The summed E-state index contributed by atoms with van der Waals surface area (Å²) in [5.74, 6) is 0.587. The second-order valence-corrected chi connectivity index (χ2v) is 9.84. The van der Waals surface area contributed by atoms with Crippen molar-refractivity contribution in [3.63, 3.8) is 0 Å². The predicted octanol–water partition coefficient (Wildman–Crippen LogP) is 2.34. The number of fused-ring (bicyclic) bond motifs is 1. The van der Waals surface area contributed by atoms with Gasteiger partial charge in [-0.05, 0) is 31.2 Å². The molecule has 0 unspecified atom stereocenters. The van der Waals surface area contributed by atoms with Crippen LogP contribution in [0.4, 0.5) is 5.69 Å². The molecule has 2 saturated heterocycles. The van der Waals surface area contributed by atoms with Crippen LogP contribution in [0.2, 0.25) is 0 Å². The fraction of sp³-hybridized carbons (Fsp3) is 0.529. The highest BCUT2D eigenvalue weighted by Crippen LogP contribution is 2.41. The average Bonchev–Trinajstić information content (AvgIpc) is 2.99. The van der Waals surface area contributed by atoms with Crippen LogP contribution in [0.5, 0.6) is 5.75 Å². The van der Waals surface area contributed by atoms with Crippen LogP contribution in [0.1, 0.15) is 20.8 Å². The number of hydrogen-bond acceptors (Lipinski definition) is 5. The lowest BCUT2D eigenvalue weighted by atomic mass is 10.2. The maximum atomic E-state index is 12.1. The van der Waals surface area contributed by atoms with Gasteiger partial charge in [0.05, 0.1) is 24.2 Å². The number of rotatable bonds is 4. The lowest BCUT2D eigenvalue weighted by Crippen LogP contribution is -2.37. The third-order valence-electron chi connectivity index (χ3n) is 4.19. The summed E-state index contributed by atoms with van der Waals surface area (Å²) < 4.78 is 29.5. The average molecular weight is 383 g/mol. The molecule has 1 aromatic carbocycles. The number of hydrogen-bond donors (Lipinski definition) is 0. The fourth-order valence-corrected chi connectivity index (χ4v) is 6.88. The van der Waals surface area contributed by atoms with E-state index in [1.165, 1.54) is 11.8 Å². The van der Waals surface area contributed by atoms with E-state index in [2.05, 4.69) is 4.99 Å². The Hall–Kier alpha value is -1.54. The summed E-state index contributed by atoms with van der Waals surface area (Å²) >= 11 is 1.39. The Kier molecular flexibility index (Phi) is 5.11. The quantitative estimate of drug-likeness (QED) is 0.796. The fourth-order valence-electron chi connectivity index (χ4n) is 2.96. The zero-order chi connectivity index (χ0) is 18.2. The molecule has 0 aliphatic carbocycles. The minimum atomic E-state index is -3.06. The molecule has 3 rings (SSSR count). The van der Waals surface area contributed by atoms with E-state index in [0.29, 0.717) is 11.8 Å². The van der Waals surface area contributed by atoms with Gasteiger partial charge in [-0.1, -0.05) is 25.6 Å². The van der Waals surface area contributed by atoms with Crippen molar-refractivity contribution in [2.24, 2.45) is 10.9 Å². The number of sulfone groups is 1. The van der Waals surface area contributed by atoms with E-state index in [4.69, 9.17) is 4.74 Å². The van der Waals surface area contributed by atoms with Crippen LogP contribution < -0.4 is 9.64 Å². The Labute approximate surface area is 152 Å². The molecule has 0 spiro atoms. The van der Waals surface area contributed by atoms with Gasteiger partial charge in [0.15, 0.2) is 15.0 Å². The highest BCUT2D eigenvalue weighted by molar-refractivity contribution is 8.16. The molecule has 136 valence electrons. The number of carbonyl (C=O) groups is 1. The molecule has 2 heterocycles. The monoisotopic (exact) mass is 382 g/mol. The molecule has 0 radical (unpaired) electrons. The zero-order valence-corrected chi connectivity index (χ0v) is 16.1. The molecular formula is C17H22N2O4S2. The Bertz CT molecular complexity index is 787. The van der Waals surface area contributed by atoms with E-state index >= 15 is 0 Å². The predicted molar refractivity (Wildman–Crippen MR) is 101 cm³/mol. The highest BCUT2D eigenvalue weighted by atomic mass is 32.2. The first-order chi connectivity index (χ1) is 11.8. The zero-order valence-electron chi connectivity index (χ0n) is 14.5. The minimum absolute atomic E-state index is 0.0877. The topological polar surface area (TPSA) is 76.0 Å². The smallest absolute Gasteiger partial charge is 0.250 e. The van der Waals surface area contributed by atoms with Gasteiger partial charge >= 0.3 is 0 Å². The number of nitrogens with zero attached hydrogens (tertiary/aromatic N) is 2. The van der Waals surface area contributed by atoms with E-state index in [9.17, 15) is 13.2 Å². The Morgan fingerprint density at radius 1 is 1.32 bits per heavy atom. The first-order valence-electron chi connectivity index (χ1n) is 8.32. The van der Waals surface area contributed by atoms with Crippen molar-refractivity contribution in [3.05, 3.63) is 24.3 Å². The standard InChI is InChI=1S/C17H22N2O4S2/c1-4-23-13-7-5-12(6-8-13)19-14-9-25(21,22)10-15(14)24-17(19)18-16(20)11(2)3/h5-8,11,14-15H,4,9-10H2,1-3H3/t14-,15+/m1/s1. The number of ether oxygens (including phenoxy) is 1. The first-order valence-corrected chi connectivity index (χ1v) is 11.0. The SMILES string of the molecule is CCOc1ccc(N2C(=NC(=O)C(C)C)S[C@H]3CS(=O)(=O)C[C@H]32)cc1. The van der Waals surface area contributed by atoms with Gasteiger partial charge in [-0.15, -0.1) is 0 Å². The summed E-state index contributed by atoms with van der Waals surface area (Å²) in [5, 5.41) is 0.503. The number of aliphatic imine (C=N–C) groups is 1. The molecule has 1 aromatic rings. The third-order valence-corrected chi connectivity index (χ3v) is 7.40. The molecule has 0 saturated carbocycles. The Morgan fingerprint density at radius 3 is 2.60 bits per heavy atom. The molecular weight excluding hydrogens is 360 g/mol. The number of amides is 1. The van der Waals surface area contributed by atoms with Gasteiger partial charge in [0, 0.05) is 16.9 Å². The summed E-state index contributed by atoms with van der Waals surface area (Å²) in [4.78, 5) is 18.3. The Morgan fingerprint density at radius 2 is 2.00 bits per heavy atom. The second kappa shape index (κ2) is 6.99. The molecule has 2 aliphatic heterocycles. The molecule has 6 nitrogen and oxygen atoms in total. The molecule has 0 bridgehead atoms. The molecule has 0 N–H and O–H groups in total. The molecule has 2 atom stereocenters. The summed E-state index contributed by atoms with van der Waals surface area (Å²) in [6, 6.07) is 7.28. The lowest BCUT2D eigenvalue weighted by molar-refractivity contribution is -0.120. The van der Waals surface area contributed by atoms with Crippen LogP contribution >= 0.6 is 11.8 Å². The van der Waals surface area contributed by atoms with E-state index in [0.717, 1.165) is 11.4 Å². The highest BCUT2D eigenvalue weighted by Gasteiger charge is 2.49. The molecule has 2 aliphatic rings. The van der Waals surface area contributed by atoms with Gasteiger partial charge in [0.25, 0.3) is 5.91 Å². The van der Waals surface area contributed by atoms with Gasteiger partial charge in [-0.3, -0.25) is 4.79 Å². The molecule has 8 heteroatoms. The second-order valence-electron chi connectivity index (χ2n) is 6.48. The van der Waals surface area contributed by atoms with Gasteiger partial charge < -0.3 is 9.64 Å². The van der Waals surface area contributed by atoms with Gasteiger partial charge in [0.2, 0.25) is 0 Å². The molecule has 0 aromatic heterocycles. The Balaban J connectivity index is 1.96. The first kappa shape index (κ1) is 18.3. The van der Waals surface area contributed by atoms with Crippen molar-refractivity contribution in [1.29, 1.82) is 0 Å². The van der Waals surface area contributed by atoms with Crippen molar-refractivity contribution in [3.8, 4) is 5.75 Å². The van der Waals surface area contributed by atoms with E-state index in [1.807, 2.05) is 36.1 Å². The largest absolute Gasteiger partial charge is 0.494 e. The summed E-state index contributed by atoms with van der Waals surface area (Å²) in [5.41, 5.74) is 0.829. The van der Waals surface area contributed by atoms with E-state index < -0.39 is 9.84 Å². The van der Waals surface area contributed by atoms with Crippen LogP contribution in [0.3, 0.4) is 0 Å². The summed E-state index contributed by atoms with van der Waals surface area (Å²) in [6.45, 7) is 6.11. The molecule has 25 heavy (non-hydrogen) atoms. The lowest BCUT2D eigenvalue weighted by Gasteiger charge is -2.24. The number of carbonyl (C=O) groups excluding carboxylic acids is 1. The third kappa shape index (κ3) is 3.84. The maximum absolute atomic E-state index is 12.1. The van der Waals surface area contributed by atoms with Crippen LogP contribution in [-0.4, -0.2) is 48.9 Å². The minimum Gasteiger partial charge on any atom is -0.494 e. The number of amidine groups is 1. The number of anilines is 1. The van der Waals surface area contributed by atoms with Crippen molar-refractivity contribution < 1.29 is 17.9 Å². The van der Waals surface area contributed by atoms with Crippen LogP contribution in [0.25, 0.3) is 0 Å². The van der Waals surface area contributed by atoms with Gasteiger partial charge in [-0.25, -0.2) is 8.42 Å². The normalized spacial score (nSPS) is 26.2. The number of benzene rings is 1.